The second-order valence-electron chi connectivity index (χ2n) is 6.42. The smallest absolute Gasteiger partial charge is 0.232 e. The molecule has 2 aliphatic rings. The number of allylic oxidation sites excluding steroid dienone is 1. The Morgan fingerprint density at radius 3 is 2.75 bits per heavy atom. The number of hydrogen-bond donors (Lipinski definition) is 0. The molecule has 1 aromatic carbocycles. The molecule has 0 saturated heterocycles. The lowest BCUT2D eigenvalue weighted by molar-refractivity contribution is 0.0674. The average molecular weight is 325 g/mol. The zero-order chi connectivity index (χ0) is 16.8. The molecule has 5 nitrogen and oxygen atoms in total. The third-order valence-corrected chi connectivity index (χ3v) is 4.41. The number of hydrogen-bond acceptors (Lipinski definition) is 5. The maximum Gasteiger partial charge on any atom is 0.232 e. The third-order valence-electron chi connectivity index (χ3n) is 4.41. The van der Waals surface area contributed by atoms with Gasteiger partial charge in [-0.15, -0.1) is 0 Å². The lowest BCUT2D eigenvalue weighted by Crippen LogP contribution is -2.37. The van der Waals surface area contributed by atoms with E-state index in [0.717, 1.165) is 17.1 Å². The molecule has 1 aromatic heterocycles. The third kappa shape index (κ3) is 2.41. The Hall–Kier alpha value is -2.53. The standard InChI is InChI=1S/C19H19NO4/c1-11(2)20-9-15-16(22-10-20)7-6-14-18(21)17(24-19(14)15)8-13-5-4-12(3)23-13/h4-8,11H,9-10H2,1-3H3/b17-8-. The summed E-state index contributed by atoms with van der Waals surface area (Å²) in [5.41, 5.74) is 1.51. The molecule has 5 heteroatoms. The number of rotatable bonds is 2. The first kappa shape index (κ1) is 15.0. The molecule has 0 radical (unpaired) electrons. The first-order chi connectivity index (χ1) is 11.5. The monoisotopic (exact) mass is 325 g/mol. The molecule has 24 heavy (non-hydrogen) atoms. The van der Waals surface area contributed by atoms with Crippen molar-refractivity contribution < 1.29 is 18.7 Å². The van der Waals surface area contributed by atoms with E-state index in [9.17, 15) is 4.79 Å². The predicted octanol–water partition coefficient (Wildman–Crippen LogP) is 3.76. The lowest BCUT2D eigenvalue weighted by atomic mass is 10.0. The number of ketones is 1. The van der Waals surface area contributed by atoms with Gasteiger partial charge in [0.25, 0.3) is 0 Å². The Labute approximate surface area is 140 Å². The van der Waals surface area contributed by atoms with Crippen LogP contribution in [0.4, 0.5) is 0 Å². The molecular weight excluding hydrogens is 306 g/mol. The van der Waals surface area contributed by atoms with Gasteiger partial charge in [-0.1, -0.05) is 0 Å². The van der Waals surface area contributed by atoms with E-state index in [0.29, 0.717) is 36.4 Å². The molecule has 0 fully saturated rings. The number of Topliss-reactive ketones (excluding diaryl/α,β-unsaturated/α-hetero) is 1. The van der Waals surface area contributed by atoms with Gasteiger partial charge in [-0.25, -0.2) is 0 Å². The highest BCUT2D eigenvalue weighted by Crippen LogP contribution is 2.42. The second kappa shape index (κ2) is 5.53. The number of benzene rings is 1. The topological polar surface area (TPSA) is 51.9 Å². The number of aryl methyl sites for hydroxylation is 1. The van der Waals surface area contributed by atoms with Crippen LogP contribution < -0.4 is 9.47 Å². The normalized spacial score (nSPS) is 18.5. The van der Waals surface area contributed by atoms with E-state index in [2.05, 4.69) is 18.7 Å². The van der Waals surface area contributed by atoms with Crippen molar-refractivity contribution in [2.75, 3.05) is 6.73 Å². The van der Waals surface area contributed by atoms with Crippen LogP contribution in [0.1, 0.15) is 41.3 Å². The highest BCUT2D eigenvalue weighted by atomic mass is 16.5. The summed E-state index contributed by atoms with van der Waals surface area (Å²) < 4.78 is 17.2. The van der Waals surface area contributed by atoms with Gasteiger partial charge in [-0.3, -0.25) is 9.69 Å². The van der Waals surface area contributed by atoms with Crippen LogP contribution in [0.25, 0.3) is 6.08 Å². The molecular formula is C19H19NO4. The zero-order valence-corrected chi connectivity index (χ0v) is 14.0. The van der Waals surface area contributed by atoms with Crippen molar-refractivity contribution in [2.45, 2.75) is 33.4 Å². The number of ether oxygens (including phenoxy) is 2. The van der Waals surface area contributed by atoms with Gasteiger partial charge in [0.15, 0.2) is 5.76 Å². The molecule has 0 spiro atoms. The Morgan fingerprint density at radius 2 is 2.04 bits per heavy atom. The minimum Gasteiger partial charge on any atom is -0.478 e. The van der Waals surface area contributed by atoms with Gasteiger partial charge in [-0.2, -0.15) is 0 Å². The molecule has 0 N–H and O–H groups in total. The van der Waals surface area contributed by atoms with E-state index in [1.807, 2.05) is 25.1 Å². The van der Waals surface area contributed by atoms with Gasteiger partial charge in [0.2, 0.25) is 5.78 Å². The first-order valence-corrected chi connectivity index (χ1v) is 8.06. The van der Waals surface area contributed by atoms with E-state index in [1.54, 1.807) is 12.1 Å². The molecule has 0 aliphatic carbocycles. The van der Waals surface area contributed by atoms with E-state index < -0.39 is 0 Å². The molecule has 0 amide bonds. The lowest BCUT2D eigenvalue weighted by Gasteiger charge is -2.32. The van der Waals surface area contributed by atoms with Crippen LogP contribution in [0.2, 0.25) is 0 Å². The van der Waals surface area contributed by atoms with Crippen LogP contribution in [0.15, 0.2) is 34.4 Å². The molecule has 4 rings (SSSR count). The van der Waals surface area contributed by atoms with E-state index in [-0.39, 0.29) is 11.5 Å². The minimum atomic E-state index is -0.122. The molecule has 124 valence electrons. The molecule has 2 aromatic rings. The Kier molecular flexibility index (Phi) is 3.46. The quantitative estimate of drug-likeness (QED) is 0.787. The highest BCUT2D eigenvalue weighted by Gasteiger charge is 2.34. The van der Waals surface area contributed by atoms with Gasteiger partial charge < -0.3 is 13.9 Å². The van der Waals surface area contributed by atoms with Gasteiger partial charge in [0.05, 0.1) is 11.1 Å². The molecule has 0 bridgehead atoms. The van der Waals surface area contributed by atoms with Crippen molar-refractivity contribution in [1.82, 2.24) is 4.90 Å². The van der Waals surface area contributed by atoms with E-state index in [4.69, 9.17) is 13.9 Å². The van der Waals surface area contributed by atoms with Crippen LogP contribution in [-0.4, -0.2) is 23.5 Å². The van der Waals surface area contributed by atoms with Crippen molar-refractivity contribution in [3.63, 3.8) is 0 Å². The predicted molar refractivity (Wildman–Crippen MR) is 89.0 cm³/mol. The summed E-state index contributed by atoms with van der Waals surface area (Å²) in [7, 11) is 0. The summed E-state index contributed by atoms with van der Waals surface area (Å²) in [5, 5.41) is 0. The maximum absolute atomic E-state index is 12.6. The minimum absolute atomic E-state index is 0.122. The molecule has 0 saturated carbocycles. The van der Waals surface area contributed by atoms with Crippen molar-refractivity contribution in [3.8, 4) is 11.5 Å². The highest BCUT2D eigenvalue weighted by molar-refractivity contribution is 6.14. The number of carbonyl (C=O) groups excluding carboxylic acids is 1. The number of fused-ring (bicyclic) bond motifs is 3. The van der Waals surface area contributed by atoms with Gasteiger partial charge >= 0.3 is 0 Å². The Bertz CT molecular complexity index is 847. The SMILES string of the molecule is Cc1ccc(/C=C2\Oc3c(ccc4c3CN(C(C)C)CO4)C2=O)o1. The van der Waals surface area contributed by atoms with Gasteiger partial charge in [-0.05, 0) is 45.0 Å². The van der Waals surface area contributed by atoms with E-state index in [1.165, 1.54) is 0 Å². The Morgan fingerprint density at radius 1 is 1.21 bits per heavy atom. The summed E-state index contributed by atoms with van der Waals surface area (Å²) in [6.45, 7) is 7.35. The van der Waals surface area contributed by atoms with Crippen LogP contribution in [0.3, 0.4) is 0 Å². The van der Waals surface area contributed by atoms with Crippen LogP contribution in [0, 0.1) is 6.92 Å². The number of furan rings is 1. The summed E-state index contributed by atoms with van der Waals surface area (Å²) in [5.74, 6) is 2.96. The molecule has 0 unspecified atom stereocenters. The first-order valence-electron chi connectivity index (χ1n) is 8.06. The van der Waals surface area contributed by atoms with Crippen molar-refractivity contribution in [2.24, 2.45) is 0 Å². The van der Waals surface area contributed by atoms with Crippen LogP contribution >= 0.6 is 0 Å². The number of nitrogens with zero attached hydrogens (tertiary/aromatic N) is 1. The fraction of sp³-hybridized carbons (Fsp3) is 0.316. The summed E-state index contributed by atoms with van der Waals surface area (Å²) in [6.07, 6.45) is 1.64. The van der Waals surface area contributed by atoms with Gasteiger partial charge in [0, 0.05) is 18.7 Å². The number of carbonyl (C=O) groups is 1. The fourth-order valence-electron chi connectivity index (χ4n) is 2.97. The van der Waals surface area contributed by atoms with Gasteiger partial charge in [0.1, 0.15) is 29.8 Å². The second-order valence-corrected chi connectivity index (χ2v) is 6.42. The summed E-state index contributed by atoms with van der Waals surface area (Å²) in [6, 6.07) is 7.66. The molecule has 0 atom stereocenters. The van der Waals surface area contributed by atoms with E-state index >= 15 is 0 Å². The zero-order valence-electron chi connectivity index (χ0n) is 14.0. The fourth-order valence-corrected chi connectivity index (χ4v) is 2.97. The maximum atomic E-state index is 12.6. The van der Waals surface area contributed by atoms with Crippen molar-refractivity contribution in [1.29, 1.82) is 0 Å². The van der Waals surface area contributed by atoms with Crippen molar-refractivity contribution >= 4 is 11.9 Å². The summed E-state index contributed by atoms with van der Waals surface area (Å²) >= 11 is 0. The van der Waals surface area contributed by atoms with Crippen molar-refractivity contribution in [3.05, 3.63) is 52.7 Å². The molecule has 2 aliphatic heterocycles. The van der Waals surface area contributed by atoms with Crippen LogP contribution in [-0.2, 0) is 6.54 Å². The summed E-state index contributed by atoms with van der Waals surface area (Å²) in [4.78, 5) is 14.8. The van der Waals surface area contributed by atoms with Crippen LogP contribution in [0.5, 0.6) is 11.5 Å². The Balaban J connectivity index is 1.71. The largest absolute Gasteiger partial charge is 0.478 e. The average Bonchev–Trinajstić information content (AvgIpc) is 3.11. The molecule has 3 heterocycles.